The van der Waals surface area contributed by atoms with E-state index in [4.69, 9.17) is 9.84 Å². The fraction of sp³-hybridized carbons (Fsp3) is 0.867. The minimum absolute atomic E-state index is 0.0531. The predicted molar refractivity (Wildman–Crippen MR) is 78.2 cm³/mol. The maximum Gasteiger partial charge on any atom is 0.410 e. The van der Waals surface area contributed by atoms with E-state index in [1.807, 2.05) is 25.7 Å². The summed E-state index contributed by atoms with van der Waals surface area (Å²) in [5.74, 6) is -0.808. The zero-order valence-electron chi connectivity index (χ0n) is 13.2. The molecule has 21 heavy (non-hydrogen) atoms. The zero-order chi connectivity index (χ0) is 15.6. The van der Waals surface area contributed by atoms with Crippen molar-refractivity contribution in [1.29, 1.82) is 0 Å². The molecule has 120 valence electrons. The normalized spacial score (nSPS) is 23.1. The molecule has 1 N–H and O–H groups in total. The van der Waals surface area contributed by atoms with E-state index >= 15 is 0 Å². The molecule has 1 saturated heterocycles. The number of carbonyl (C=O) groups excluding carboxylic acids is 1. The van der Waals surface area contributed by atoms with Crippen LogP contribution in [0.5, 0.6) is 0 Å². The van der Waals surface area contributed by atoms with Gasteiger partial charge in [-0.15, -0.1) is 0 Å². The lowest BCUT2D eigenvalue weighted by Crippen LogP contribution is -2.47. The van der Waals surface area contributed by atoms with Crippen LogP contribution in [0, 0.1) is 0 Å². The van der Waals surface area contributed by atoms with Crippen LogP contribution in [0.25, 0.3) is 0 Å². The van der Waals surface area contributed by atoms with Crippen molar-refractivity contribution >= 4 is 12.1 Å². The van der Waals surface area contributed by atoms with E-state index in [0.29, 0.717) is 6.54 Å². The van der Waals surface area contributed by atoms with Crippen molar-refractivity contribution in [3.63, 3.8) is 0 Å². The first kappa shape index (κ1) is 16.1. The lowest BCUT2D eigenvalue weighted by atomic mass is 10.2. The summed E-state index contributed by atoms with van der Waals surface area (Å²) in [5, 5.41) is 8.96. The van der Waals surface area contributed by atoms with Gasteiger partial charge in [-0.3, -0.25) is 9.69 Å². The van der Waals surface area contributed by atoms with Gasteiger partial charge < -0.3 is 14.7 Å². The third-order valence-electron chi connectivity index (χ3n) is 3.86. The fourth-order valence-corrected chi connectivity index (χ4v) is 2.79. The van der Waals surface area contributed by atoms with Crippen LogP contribution >= 0.6 is 0 Å². The standard InChI is InChI=1S/C15H26N2O4/c1-15(2,3)21-14(20)17(11-6-7-11)9-12-5-4-8-16(12)10-13(18)19/h11-12H,4-10H2,1-3H3,(H,18,19)/t12-/m1/s1. The van der Waals surface area contributed by atoms with Crippen LogP contribution in [0.2, 0.25) is 0 Å². The Bertz CT molecular complexity index is 401. The maximum absolute atomic E-state index is 12.3. The van der Waals surface area contributed by atoms with Crippen molar-refractivity contribution < 1.29 is 19.4 Å². The Hall–Kier alpha value is -1.30. The molecule has 6 nitrogen and oxygen atoms in total. The van der Waals surface area contributed by atoms with Gasteiger partial charge in [-0.1, -0.05) is 0 Å². The molecule has 0 aromatic rings. The molecule has 1 heterocycles. The third-order valence-corrected chi connectivity index (χ3v) is 3.86. The average molecular weight is 298 g/mol. The van der Waals surface area contributed by atoms with E-state index in [1.54, 1.807) is 4.90 Å². The summed E-state index contributed by atoms with van der Waals surface area (Å²) in [6, 6.07) is 0.404. The lowest BCUT2D eigenvalue weighted by molar-refractivity contribution is -0.138. The molecular weight excluding hydrogens is 272 g/mol. The Morgan fingerprint density at radius 1 is 1.29 bits per heavy atom. The molecular formula is C15H26N2O4. The van der Waals surface area contributed by atoms with Crippen LogP contribution < -0.4 is 0 Å². The van der Waals surface area contributed by atoms with Crippen LogP contribution in [0.1, 0.15) is 46.5 Å². The van der Waals surface area contributed by atoms with Crippen LogP contribution in [0.3, 0.4) is 0 Å². The summed E-state index contributed by atoms with van der Waals surface area (Å²) >= 11 is 0. The highest BCUT2D eigenvalue weighted by molar-refractivity contribution is 5.70. The number of hydrogen-bond donors (Lipinski definition) is 1. The second-order valence-corrected chi connectivity index (χ2v) is 7.02. The highest BCUT2D eigenvalue weighted by Gasteiger charge is 2.38. The van der Waals surface area contributed by atoms with Gasteiger partial charge in [0.05, 0.1) is 6.54 Å². The Morgan fingerprint density at radius 3 is 2.48 bits per heavy atom. The minimum atomic E-state index is -0.808. The number of likely N-dealkylation sites (tertiary alicyclic amines) is 1. The van der Waals surface area contributed by atoms with Gasteiger partial charge in [0.1, 0.15) is 5.60 Å². The van der Waals surface area contributed by atoms with Gasteiger partial charge in [0.15, 0.2) is 0 Å². The van der Waals surface area contributed by atoms with E-state index in [9.17, 15) is 9.59 Å². The predicted octanol–water partition coefficient (Wildman–Crippen LogP) is 1.93. The highest BCUT2D eigenvalue weighted by atomic mass is 16.6. The Labute approximate surface area is 126 Å². The molecule has 0 bridgehead atoms. The number of aliphatic carboxylic acids is 1. The molecule has 0 aromatic heterocycles. The molecule has 0 aromatic carbocycles. The Balaban J connectivity index is 1.96. The van der Waals surface area contributed by atoms with Crippen LogP contribution in [-0.4, -0.2) is 64.3 Å². The van der Waals surface area contributed by atoms with E-state index in [2.05, 4.69) is 0 Å². The molecule has 0 spiro atoms. The molecule has 6 heteroatoms. The number of carbonyl (C=O) groups is 2. The van der Waals surface area contributed by atoms with Gasteiger partial charge in [-0.05, 0) is 53.0 Å². The Morgan fingerprint density at radius 2 is 1.95 bits per heavy atom. The van der Waals surface area contributed by atoms with Crippen molar-refractivity contribution in [2.45, 2.75) is 64.1 Å². The highest BCUT2D eigenvalue weighted by Crippen LogP contribution is 2.30. The van der Waals surface area contributed by atoms with Gasteiger partial charge in [-0.2, -0.15) is 0 Å². The quantitative estimate of drug-likeness (QED) is 0.840. The minimum Gasteiger partial charge on any atom is -0.480 e. The molecule has 0 radical (unpaired) electrons. The molecule has 2 fully saturated rings. The van der Waals surface area contributed by atoms with Crippen LogP contribution in [0.15, 0.2) is 0 Å². The average Bonchev–Trinajstić information content (AvgIpc) is 3.06. The van der Waals surface area contributed by atoms with Gasteiger partial charge in [-0.25, -0.2) is 4.79 Å². The van der Waals surface area contributed by atoms with Crippen molar-refractivity contribution in [3.05, 3.63) is 0 Å². The largest absolute Gasteiger partial charge is 0.480 e. The summed E-state index contributed by atoms with van der Waals surface area (Å²) in [6.45, 7) is 7.01. The Kier molecular flexibility index (Phi) is 4.76. The van der Waals surface area contributed by atoms with Crippen molar-refractivity contribution in [1.82, 2.24) is 9.80 Å². The third kappa shape index (κ3) is 4.88. The summed E-state index contributed by atoms with van der Waals surface area (Å²) in [7, 11) is 0. The van der Waals surface area contributed by atoms with Crippen molar-refractivity contribution in [3.8, 4) is 0 Å². The SMILES string of the molecule is CC(C)(C)OC(=O)N(C[C@H]1CCCN1CC(=O)O)C1CC1. The molecule has 2 rings (SSSR count). The number of carboxylic acids is 1. The molecule has 1 saturated carbocycles. The number of amides is 1. The van der Waals surface area contributed by atoms with E-state index < -0.39 is 11.6 Å². The summed E-state index contributed by atoms with van der Waals surface area (Å²) in [5.41, 5.74) is -0.499. The first-order chi connectivity index (χ1) is 9.76. The number of carboxylic acid groups (broad SMARTS) is 1. The number of rotatable bonds is 5. The number of hydrogen-bond acceptors (Lipinski definition) is 4. The van der Waals surface area contributed by atoms with E-state index in [0.717, 1.165) is 32.2 Å². The maximum atomic E-state index is 12.3. The summed E-state index contributed by atoms with van der Waals surface area (Å²) < 4.78 is 5.48. The van der Waals surface area contributed by atoms with E-state index in [-0.39, 0.29) is 24.7 Å². The van der Waals surface area contributed by atoms with Crippen LogP contribution in [0.4, 0.5) is 4.79 Å². The van der Waals surface area contributed by atoms with Gasteiger partial charge in [0.2, 0.25) is 0 Å². The number of nitrogens with zero attached hydrogens (tertiary/aromatic N) is 2. The van der Waals surface area contributed by atoms with Gasteiger partial charge in [0.25, 0.3) is 0 Å². The number of ether oxygens (including phenoxy) is 1. The van der Waals surface area contributed by atoms with E-state index in [1.165, 1.54) is 0 Å². The molecule has 1 atom stereocenters. The first-order valence-electron chi connectivity index (χ1n) is 7.72. The second kappa shape index (κ2) is 6.22. The monoisotopic (exact) mass is 298 g/mol. The van der Waals surface area contributed by atoms with Gasteiger partial charge >= 0.3 is 12.1 Å². The van der Waals surface area contributed by atoms with Crippen molar-refractivity contribution in [2.75, 3.05) is 19.6 Å². The van der Waals surface area contributed by atoms with Gasteiger partial charge in [0, 0.05) is 18.6 Å². The van der Waals surface area contributed by atoms with Crippen molar-refractivity contribution in [2.24, 2.45) is 0 Å². The molecule has 0 unspecified atom stereocenters. The fourth-order valence-electron chi connectivity index (χ4n) is 2.79. The first-order valence-corrected chi connectivity index (χ1v) is 7.72. The molecule has 1 amide bonds. The van der Waals surface area contributed by atoms with Crippen LogP contribution in [-0.2, 0) is 9.53 Å². The smallest absolute Gasteiger partial charge is 0.410 e. The molecule has 1 aliphatic heterocycles. The molecule has 2 aliphatic rings. The topological polar surface area (TPSA) is 70.1 Å². The summed E-state index contributed by atoms with van der Waals surface area (Å²) in [6.07, 6.45) is 3.70. The molecule has 1 aliphatic carbocycles. The summed E-state index contributed by atoms with van der Waals surface area (Å²) in [4.78, 5) is 27.0. The lowest BCUT2D eigenvalue weighted by Gasteiger charge is -2.32. The zero-order valence-corrected chi connectivity index (χ0v) is 13.2. The second-order valence-electron chi connectivity index (χ2n) is 7.02.